The molecule has 1 rings (SSSR count). The normalized spacial score (nSPS) is 10.6. The van der Waals surface area contributed by atoms with Crippen LogP contribution in [0.25, 0.3) is 0 Å². The second-order valence-corrected chi connectivity index (χ2v) is 4.94. The number of carbonyl (C=O) groups excluding carboxylic acids is 1. The molecule has 0 aliphatic carbocycles. The predicted octanol–water partition coefficient (Wildman–Crippen LogP) is 1.46. The van der Waals surface area contributed by atoms with Crippen LogP contribution >= 0.6 is 0 Å². The van der Waals surface area contributed by atoms with E-state index < -0.39 is 0 Å². The predicted molar refractivity (Wildman–Crippen MR) is 78.7 cm³/mol. The van der Waals surface area contributed by atoms with Crippen molar-refractivity contribution in [1.29, 1.82) is 0 Å². The van der Waals surface area contributed by atoms with Crippen LogP contribution in [0.15, 0.2) is 12.1 Å². The van der Waals surface area contributed by atoms with Gasteiger partial charge in [0, 0.05) is 37.9 Å². The van der Waals surface area contributed by atoms with Crippen LogP contribution in [0, 0.1) is 6.92 Å². The molecule has 1 heterocycles. The first-order valence-corrected chi connectivity index (χ1v) is 6.56. The van der Waals surface area contributed by atoms with Gasteiger partial charge in [-0.25, -0.2) is 4.98 Å². The minimum Gasteiger partial charge on any atom is -0.370 e. The lowest BCUT2D eigenvalue weighted by Gasteiger charge is -2.20. The van der Waals surface area contributed by atoms with Crippen molar-refractivity contribution in [2.75, 3.05) is 46.1 Å². The van der Waals surface area contributed by atoms with E-state index in [0.717, 1.165) is 24.6 Å². The van der Waals surface area contributed by atoms with E-state index in [9.17, 15) is 4.79 Å². The highest BCUT2D eigenvalue weighted by atomic mass is 16.2. The minimum absolute atomic E-state index is 0.0338. The fourth-order valence-electron chi connectivity index (χ4n) is 1.74. The van der Waals surface area contributed by atoms with Gasteiger partial charge in [-0.2, -0.15) is 0 Å². The third-order valence-electron chi connectivity index (χ3n) is 2.79. The smallest absolute Gasteiger partial charge is 0.253 e. The molecule has 0 aliphatic rings. The number of aryl methyl sites for hydroxylation is 1. The average molecular weight is 264 g/mol. The van der Waals surface area contributed by atoms with Crippen molar-refractivity contribution in [3.05, 3.63) is 23.4 Å². The Balaban J connectivity index is 2.80. The van der Waals surface area contributed by atoms with Crippen LogP contribution in [-0.2, 0) is 0 Å². The molecule has 1 aromatic heterocycles. The Labute approximate surface area is 115 Å². The number of nitrogens with zero attached hydrogens (tertiary/aromatic N) is 3. The van der Waals surface area contributed by atoms with Crippen molar-refractivity contribution in [3.63, 3.8) is 0 Å². The van der Waals surface area contributed by atoms with Crippen molar-refractivity contribution >= 4 is 11.7 Å². The number of aromatic nitrogens is 1. The monoisotopic (exact) mass is 264 g/mol. The molecule has 0 aromatic carbocycles. The van der Waals surface area contributed by atoms with Crippen LogP contribution in [0.4, 0.5) is 5.82 Å². The molecule has 0 radical (unpaired) electrons. The topological polar surface area (TPSA) is 48.5 Å². The van der Waals surface area contributed by atoms with Crippen molar-refractivity contribution in [1.82, 2.24) is 14.8 Å². The van der Waals surface area contributed by atoms with Gasteiger partial charge in [0.1, 0.15) is 5.82 Å². The van der Waals surface area contributed by atoms with Crippen molar-refractivity contribution in [2.45, 2.75) is 13.8 Å². The summed E-state index contributed by atoms with van der Waals surface area (Å²) in [6.07, 6.45) is 0. The summed E-state index contributed by atoms with van der Waals surface area (Å²) in [6.45, 7) is 6.27. The Bertz CT molecular complexity index is 431. The van der Waals surface area contributed by atoms with Gasteiger partial charge in [-0.15, -0.1) is 0 Å². The standard InChI is InChI=1S/C14H24N4O/c1-6-15-13-10-12(9-11(2)16-13)14(19)18(5)8-7-17(3)4/h9-10H,6-8H2,1-5H3,(H,15,16). The number of rotatable bonds is 6. The number of hydrogen-bond acceptors (Lipinski definition) is 4. The molecule has 0 bridgehead atoms. The maximum Gasteiger partial charge on any atom is 0.253 e. The lowest BCUT2D eigenvalue weighted by atomic mass is 10.2. The molecule has 5 nitrogen and oxygen atoms in total. The fraction of sp³-hybridized carbons (Fsp3) is 0.571. The zero-order valence-electron chi connectivity index (χ0n) is 12.5. The second-order valence-electron chi connectivity index (χ2n) is 4.94. The van der Waals surface area contributed by atoms with E-state index in [1.165, 1.54) is 0 Å². The number of likely N-dealkylation sites (N-methyl/N-ethyl adjacent to an activating group) is 2. The van der Waals surface area contributed by atoms with Crippen LogP contribution in [0.1, 0.15) is 23.0 Å². The summed E-state index contributed by atoms with van der Waals surface area (Å²) in [5.74, 6) is 0.790. The van der Waals surface area contributed by atoms with Gasteiger partial charge in [-0.05, 0) is 40.1 Å². The Morgan fingerprint density at radius 3 is 2.53 bits per heavy atom. The molecule has 1 N–H and O–H groups in total. The maximum atomic E-state index is 12.3. The zero-order valence-corrected chi connectivity index (χ0v) is 12.5. The molecule has 19 heavy (non-hydrogen) atoms. The minimum atomic E-state index is 0.0338. The highest BCUT2D eigenvalue weighted by Gasteiger charge is 2.13. The van der Waals surface area contributed by atoms with Crippen LogP contribution < -0.4 is 5.32 Å². The lowest BCUT2D eigenvalue weighted by molar-refractivity contribution is 0.0786. The van der Waals surface area contributed by atoms with E-state index in [-0.39, 0.29) is 5.91 Å². The molecule has 0 spiro atoms. The third kappa shape index (κ3) is 4.87. The van der Waals surface area contributed by atoms with Crippen LogP contribution in [0.2, 0.25) is 0 Å². The molecular weight excluding hydrogens is 240 g/mol. The summed E-state index contributed by atoms with van der Waals surface area (Å²) in [5, 5.41) is 3.14. The largest absolute Gasteiger partial charge is 0.370 e. The van der Waals surface area contributed by atoms with Crippen molar-refractivity contribution in [2.24, 2.45) is 0 Å². The Morgan fingerprint density at radius 1 is 1.26 bits per heavy atom. The molecular formula is C14H24N4O. The van der Waals surface area contributed by atoms with Gasteiger partial charge < -0.3 is 15.1 Å². The maximum absolute atomic E-state index is 12.3. The quantitative estimate of drug-likeness (QED) is 0.845. The van der Waals surface area contributed by atoms with E-state index in [4.69, 9.17) is 0 Å². The zero-order chi connectivity index (χ0) is 14.4. The molecule has 1 amide bonds. The molecule has 1 aromatic rings. The van der Waals surface area contributed by atoms with Crippen molar-refractivity contribution in [3.8, 4) is 0 Å². The Hall–Kier alpha value is -1.62. The van der Waals surface area contributed by atoms with Crippen molar-refractivity contribution < 1.29 is 4.79 Å². The van der Waals surface area contributed by atoms with Gasteiger partial charge in [0.15, 0.2) is 0 Å². The number of anilines is 1. The second kappa shape index (κ2) is 7.09. The number of hydrogen-bond donors (Lipinski definition) is 1. The first-order chi connectivity index (χ1) is 8.93. The molecule has 0 saturated heterocycles. The molecule has 106 valence electrons. The van der Waals surface area contributed by atoms with E-state index in [1.807, 2.05) is 47.1 Å². The van der Waals surface area contributed by atoms with Gasteiger partial charge >= 0.3 is 0 Å². The number of pyridine rings is 1. The van der Waals surface area contributed by atoms with E-state index in [2.05, 4.69) is 15.2 Å². The lowest BCUT2D eigenvalue weighted by Crippen LogP contribution is -2.33. The number of nitrogens with one attached hydrogen (secondary N) is 1. The van der Waals surface area contributed by atoms with Gasteiger partial charge in [0.2, 0.25) is 0 Å². The van der Waals surface area contributed by atoms with Crippen LogP contribution in [-0.4, -0.2) is 61.5 Å². The number of carbonyl (C=O) groups is 1. The van der Waals surface area contributed by atoms with Gasteiger partial charge in [0.05, 0.1) is 0 Å². The summed E-state index contributed by atoms with van der Waals surface area (Å²) >= 11 is 0. The summed E-state index contributed by atoms with van der Waals surface area (Å²) in [5.41, 5.74) is 1.53. The van der Waals surface area contributed by atoms with Gasteiger partial charge in [0.25, 0.3) is 5.91 Å². The average Bonchev–Trinajstić information content (AvgIpc) is 2.34. The van der Waals surface area contributed by atoms with Gasteiger partial charge in [-0.1, -0.05) is 0 Å². The summed E-state index contributed by atoms with van der Waals surface area (Å²) < 4.78 is 0. The highest BCUT2D eigenvalue weighted by molar-refractivity contribution is 5.94. The Morgan fingerprint density at radius 2 is 1.95 bits per heavy atom. The van der Waals surface area contributed by atoms with E-state index >= 15 is 0 Å². The van der Waals surface area contributed by atoms with E-state index in [0.29, 0.717) is 12.1 Å². The van der Waals surface area contributed by atoms with Gasteiger partial charge in [-0.3, -0.25) is 4.79 Å². The number of amides is 1. The fourth-order valence-corrected chi connectivity index (χ4v) is 1.74. The SMILES string of the molecule is CCNc1cc(C(=O)N(C)CCN(C)C)cc(C)n1. The molecule has 0 saturated carbocycles. The summed E-state index contributed by atoms with van der Waals surface area (Å²) in [7, 11) is 5.82. The molecule has 0 atom stereocenters. The summed E-state index contributed by atoms with van der Waals surface area (Å²) in [6, 6.07) is 3.64. The molecule has 5 heteroatoms. The summed E-state index contributed by atoms with van der Waals surface area (Å²) in [4.78, 5) is 20.5. The molecule has 0 unspecified atom stereocenters. The molecule has 0 fully saturated rings. The first kappa shape index (κ1) is 15.4. The third-order valence-corrected chi connectivity index (χ3v) is 2.79. The van der Waals surface area contributed by atoms with Crippen LogP contribution in [0.3, 0.4) is 0 Å². The van der Waals surface area contributed by atoms with E-state index in [1.54, 1.807) is 4.90 Å². The Kier molecular flexibility index (Phi) is 5.76. The first-order valence-electron chi connectivity index (χ1n) is 6.56. The molecule has 0 aliphatic heterocycles. The van der Waals surface area contributed by atoms with Crippen LogP contribution in [0.5, 0.6) is 0 Å². The highest BCUT2D eigenvalue weighted by Crippen LogP contribution is 2.12.